The summed E-state index contributed by atoms with van der Waals surface area (Å²) in [7, 11) is 1.58. The molecule has 0 aliphatic carbocycles. The van der Waals surface area contributed by atoms with Gasteiger partial charge in [-0.2, -0.15) is 5.26 Å². The van der Waals surface area contributed by atoms with Crippen LogP contribution in [-0.2, 0) is 4.79 Å². The number of carbonyl (C=O) groups excluding carboxylic acids is 2. The lowest BCUT2D eigenvalue weighted by atomic mass is 10.1. The Balaban J connectivity index is 3.13. The fourth-order valence-electron chi connectivity index (χ4n) is 1.82. The Morgan fingerprint density at radius 3 is 2.64 bits per heavy atom. The van der Waals surface area contributed by atoms with E-state index in [9.17, 15) is 9.59 Å². The lowest BCUT2D eigenvalue weighted by Gasteiger charge is -2.19. The van der Waals surface area contributed by atoms with Gasteiger partial charge in [-0.05, 0) is 18.6 Å². The van der Waals surface area contributed by atoms with E-state index in [0.717, 1.165) is 0 Å². The Kier molecular flexibility index (Phi) is 7.16. The van der Waals surface area contributed by atoms with E-state index in [1.165, 1.54) is 17.0 Å². The number of nitriles is 1. The summed E-state index contributed by atoms with van der Waals surface area (Å²) in [4.78, 5) is 25.6. The Bertz CT molecular complexity index is 612. The summed E-state index contributed by atoms with van der Waals surface area (Å²) in [6.45, 7) is 2.16. The number of nitrogens with one attached hydrogen (secondary N) is 1. The van der Waals surface area contributed by atoms with Gasteiger partial charge in [-0.3, -0.25) is 9.59 Å². The van der Waals surface area contributed by atoms with Crippen LogP contribution in [0.5, 0.6) is 0 Å². The van der Waals surface area contributed by atoms with E-state index < -0.39 is 0 Å². The zero-order chi connectivity index (χ0) is 16.7. The number of nitrogens with zero attached hydrogens (tertiary/aromatic N) is 2. The minimum absolute atomic E-state index is 0.203. The number of halogens is 2. The van der Waals surface area contributed by atoms with Crippen LogP contribution in [0.3, 0.4) is 0 Å². The largest absolute Gasteiger partial charge is 0.341 e. The molecule has 0 radical (unpaired) electrons. The van der Waals surface area contributed by atoms with Gasteiger partial charge in [0.1, 0.15) is 0 Å². The van der Waals surface area contributed by atoms with Gasteiger partial charge in [0, 0.05) is 25.0 Å². The fourth-order valence-corrected chi connectivity index (χ4v) is 2.36. The van der Waals surface area contributed by atoms with Gasteiger partial charge < -0.3 is 10.2 Å². The van der Waals surface area contributed by atoms with Crippen molar-refractivity contribution in [3.05, 3.63) is 27.7 Å². The van der Waals surface area contributed by atoms with Crippen molar-refractivity contribution in [2.24, 2.45) is 0 Å². The number of carbonyl (C=O) groups is 2. The first kappa shape index (κ1) is 18.3. The summed E-state index contributed by atoms with van der Waals surface area (Å²) in [6.07, 6.45) is 1.23. The molecule has 0 aromatic heterocycles. The van der Waals surface area contributed by atoms with Gasteiger partial charge in [-0.15, -0.1) is 0 Å². The first-order valence-corrected chi connectivity index (χ1v) is 7.57. The molecule has 0 aliphatic rings. The molecular weight excluding hydrogens is 325 g/mol. The van der Waals surface area contributed by atoms with E-state index >= 15 is 0 Å². The smallest absolute Gasteiger partial charge is 0.255 e. The highest BCUT2D eigenvalue weighted by Gasteiger charge is 2.20. The summed E-state index contributed by atoms with van der Waals surface area (Å²) in [5.41, 5.74) is 0.459. The highest BCUT2D eigenvalue weighted by molar-refractivity contribution is 6.38. The average Bonchev–Trinajstić information content (AvgIpc) is 2.46. The standard InChI is InChI=1S/C15H17Cl2N3O2/c1-3-5-13(21)19-14-11(8-10(16)9-12(14)17)15(22)20(2)7-4-6-18/h8-9H,3-5,7H2,1-2H3,(H,19,21). The van der Waals surface area contributed by atoms with E-state index in [-0.39, 0.29) is 41.1 Å². The molecule has 0 heterocycles. The molecule has 118 valence electrons. The number of hydrogen-bond acceptors (Lipinski definition) is 3. The van der Waals surface area contributed by atoms with Crippen LogP contribution in [-0.4, -0.2) is 30.3 Å². The van der Waals surface area contributed by atoms with Gasteiger partial charge in [0.15, 0.2) is 0 Å². The Labute approximate surface area is 139 Å². The zero-order valence-electron chi connectivity index (χ0n) is 12.4. The van der Waals surface area contributed by atoms with Crippen LogP contribution in [0.1, 0.15) is 36.5 Å². The molecule has 2 amide bonds. The molecule has 22 heavy (non-hydrogen) atoms. The molecule has 0 unspecified atom stereocenters. The Morgan fingerprint density at radius 1 is 1.36 bits per heavy atom. The van der Waals surface area contributed by atoms with Gasteiger partial charge in [-0.25, -0.2) is 0 Å². The number of amides is 2. The summed E-state index contributed by atoms with van der Waals surface area (Å²) in [6, 6.07) is 4.90. The maximum atomic E-state index is 12.5. The van der Waals surface area contributed by atoms with Crippen LogP contribution in [0.2, 0.25) is 10.0 Å². The number of anilines is 1. The first-order chi connectivity index (χ1) is 10.4. The highest BCUT2D eigenvalue weighted by atomic mass is 35.5. The third-order valence-electron chi connectivity index (χ3n) is 2.93. The Morgan fingerprint density at radius 2 is 2.05 bits per heavy atom. The molecule has 1 N–H and O–H groups in total. The normalized spacial score (nSPS) is 9.95. The van der Waals surface area contributed by atoms with Crippen molar-refractivity contribution < 1.29 is 9.59 Å². The quantitative estimate of drug-likeness (QED) is 0.856. The number of benzene rings is 1. The molecule has 0 bridgehead atoms. The lowest BCUT2D eigenvalue weighted by molar-refractivity contribution is -0.116. The molecule has 1 aromatic rings. The van der Waals surface area contributed by atoms with Gasteiger partial charge in [0.05, 0.1) is 28.8 Å². The lowest BCUT2D eigenvalue weighted by Crippen LogP contribution is -2.29. The molecule has 5 nitrogen and oxygen atoms in total. The molecule has 7 heteroatoms. The van der Waals surface area contributed by atoms with Crippen molar-refractivity contribution in [3.8, 4) is 6.07 Å². The van der Waals surface area contributed by atoms with Crippen molar-refractivity contribution in [3.63, 3.8) is 0 Å². The first-order valence-electron chi connectivity index (χ1n) is 6.82. The van der Waals surface area contributed by atoms with Crippen LogP contribution in [0, 0.1) is 11.3 Å². The Hall–Kier alpha value is -1.77. The van der Waals surface area contributed by atoms with Crippen molar-refractivity contribution in [2.45, 2.75) is 26.2 Å². The van der Waals surface area contributed by atoms with Gasteiger partial charge >= 0.3 is 0 Å². The molecular formula is C15H17Cl2N3O2. The predicted molar refractivity (Wildman–Crippen MR) is 87.2 cm³/mol. The minimum Gasteiger partial charge on any atom is -0.341 e. The molecule has 0 saturated heterocycles. The average molecular weight is 342 g/mol. The number of rotatable bonds is 6. The third kappa shape index (κ3) is 4.90. The SMILES string of the molecule is CCCC(=O)Nc1c(Cl)cc(Cl)cc1C(=O)N(C)CCC#N. The summed E-state index contributed by atoms with van der Waals surface area (Å²) >= 11 is 12.1. The predicted octanol–water partition coefficient (Wildman–Crippen LogP) is 3.72. The maximum absolute atomic E-state index is 12.5. The number of hydrogen-bond donors (Lipinski definition) is 1. The van der Waals surface area contributed by atoms with Crippen molar-refractivity contribution in [1.29, 1.82) is 5.26 Å². The van der Waals surface area contributed by atoms with Crippen molar-refractivity contribution in [2.75, 3.05) is 18.9 Å². The summed E-state index contributed by atoms with van der Waals surface area (Å²) < 4.78 is 0. The van der Waals surface area contributed by atoms with Crippen LogP contribution in [0.4, 0.5) is 5.69 Å². The van der Waals surface area contributed by atoms with E-state index in [1.54, 1.807) is 7.05 Å². The highest BCUT2D eigenvalue weighted by Crippen LogP contribution is 2.31. The van der Waals surface area contributed by atoms with Crippen LogP contribution >= 0.6 is 23.2 Å². The second-order valence-electron chi connectivity index (χ2n) is 4.74. The van der Waals surface area contributed by atoms with E-state index in [1.807, 2.05) is 13.0 Å². The zero-order valence-corrected chi connectivity index (χ0v) is 14.0. The molecule has 0 spiro atoms. The molecule has 0 saturated carbocycles. The summed E-state index contributed by atoms with van der Waals surface area (Å²) in [5.74, 6) is -0.577. The van der Waals surface area contributed by atoms with Crippen LogP contribution in [0.15, 0.2) is 12.1 Å². The van der Waals surface area contributed by atoms with Crippen molar-refractivity contribution in [1.82, 2.24) is 4.90 Å². The van der Waals surface area contributed by atoms with Gasteiger partial charge in [0.2, 0.25) is 5.91 Å². The van der Waals surface area contributed by atoms with Crippen LogP contribution in [0.25, 0.3) is 0 Å². The second-order valence-corrected chi connectivity index (χ2v) is 5.59. The van der Waals surface area contributed by atoms with E-state index in [4.69, 9.17) is 28.5 Å². The van der Waals surface area contributed by atoms with Crippen LogP contribution < -0.4 is 5.32 Å². The molecule has 0 aliphatic heterocycles. The molecule has 1 rings (SSSR count). The monoisotopic (exact) mass is 341 g/mol. The third-order valence-corrected chi connectivity index (χ3v) is 3.45. The van der Waals surface area contributed by atoms with E-state index in [2.05, 4.69) is 5.32 Å². The maximum Gasteiger partial charge on any atom is 0.255 e. The topological polar surface area (TPSA) is 73.2 Å². The molecule has 1 aromatic carbocycles. The second kappa shape index (κ2) is 8.62. The molecule has 0 atom stereocenters. The van der Waals surface area contributed by atoms with E-state index in [0.29, 0.717) is 17.9 Å². The van der Waals surface area contributed by atoms with Gasteiger partial charge in [-0.1, -0.05) is 30.1 Å². The van der Waals surface area contributed by atoms with Crippen molar-refractivity contribution >= 4 is 40.7 Å². The summed E-state index contributed by atoms with van der Waals surface area (Å²) in [5, 5.41) is 11.8. The van der Waals surface area contributed by atoms with Gasteiger partial charge in [0.25, 0.3) is 5.91 Å². The molecule has 0 fully saturated rings. The fraction of sp³-hybridized carbons (Fsp3) is 0.400. The minimum atomic E-state index is -0.355.